The highest BCUT2D eigenvalue weighted by atomic mass is 79.9. The first kappa shape index (κ1) is 15.1. The van der Waals surface area contributed by atoms with Crippen molar-refractivity contribution in [2.45, 2.75) is 25.8 Å². The van der Waals surface area contributed by atoms with Crippen molar-refractivity contribution in [3.8, 4) is 11.5 Å². The van der Waals surface area contributed by atoms with E-state index in [-0.39, 0.29) is 12.4 Å². The summed E-state index contributed by atoms with van der Waals surface area (Å²) in [4.78, 5) is 0. The molecule has 0 bridgehead atoms. The lowest BCUT2D eigenvalue weighted by molar-refractivity contribution is -0.274. The van der Waals surface area contributed by atoms with Gasteiger partial charge < -0.3 is 14.6 Å². The summed E-state index contributed by atoms with van der Waals surface area (Å²) in [5.41, 5.74) is 0. The number of halogens is 4. The molecule has 1 aromatic carbocycles. The fraction of sp³-hybridized carbons (Fsp3) is 0.455. The highest BCUT2D eigenvalue weighted by Crippen LogP contribution is 2.32. The molecule has 1 rings (SSSR count). The summed E-state index contributed by atoms with van der Waals surface area (Å²) in [5.74, 6) is 0.0717. The average molecular weight is 329 g/mol. The molecule has 0 aliphatic carbocycles. The smallest absolute Gasteiger partial charge is 0.492 e. The largest absolute Gasteiger partial charge is 0.573 e. The minimum atomic E-state index is -4.71. The molecular weight excluding hydrogens is 317 g/mol. The van der Waals surface area contributed by atoms with Gasteiger partial charge >= 0.3 is 6.36 Å². The van der Waals surface area contributed by atoms with Crippen molar-refractivity contribution in [1.82, 2.24) is 0 Å². The zero-order chi connectivity index (χ0) is 13.8. The van der Waals surface area contributed by atoms with Crippen LogP contribution in [0.3, 0.4) is 0 Å². The van der Waals surface area contributed by atoms with Crippen LogP contribution in [0, 0.1) is 0 Å². The standard InChI is InChI=1S/C11H12BrF3O3/c1-7(16)4-5-17-10-3-2-8(6-9(10)12)18-11(13,14)15/h2-3,6-7,16H,4-5H2,1H3/t7-/m1/s1. The van der Waals surface area contributed by atoms with Crippen molar-refractivity contribution >= 4 is 15.9 Å². The first-order valence-electron chi connectivity index (χ1n) is 5.14. The summed E-state index contributed by atoms with van der Waals surface area (Å²) >= 11 is 3.09. The maximum absolute atomic E-state index is 12.0. The predicted octanol–water partition coefficient (Wildman–Crippen LogP) is 3.50. The van der Waals surface area contributed by atoms with Gasteiger partial charge in [0.05, 0.1) is 17.2 Å². The van der Waals surface area contributed by atoms with Crippen LogP contribution in [0.15, 0.2) is 22.7 Å². The van der Waals surface area contributed by atoms with E-state index in [4.69, 9.17) is 9.84 Å². The van der Waals surface area contributed by atoms with E-state index in [9.17, 15) is 13.2 Å². The van der Waals surface area contributed by atoms with Crippen molar-refractivity contribution in [2.24, 2.45) is 0 Å². The molecule has 0 saturated carbocycles. The van der Waals surface area contributed by atoms with E-state index >= 15 is 0 Å². The molecule has 102 valence electrons. The van der Waals surface area contributed by atoms with E-state index in [0.717, 1.165) is 6.07 Å². The van der Waals surface area contributed by atoms with E-state index in [1.807, 2.05) is 0 Å². The van der Waals surface area contributed by atoms with Crippen LogP contribution in [-0.4, -0.2) is 24.2 Å². The van der Waals surface area contributed by atoms with Gasteiger partial charge in [0.1, 0.15) is 11.5 Å². The third kappa shape index (κ3) is 5.59. The minimum absolute atomic E-state index is 0.274. The number of hydrogen-bond acceptors (Lipinski definition) is 3. The van der Waals surface area contributed by atoms with Crippen LogP contribution in [-0.2, 0) is 0 Å². The Hall–Kier alpha value is -0.950. The number of benzene rings is 1. The van der Waals surface area contributed by atoms with Crippen LogP contribution >= 0.6 is 15.9 Å². The molecule has 0 fully saturated rings. The van der Waals surface area contributed by atoms with Gasteiger partial charge in [-0.15, -0.1) is 13.2 Å². The fourth-order valence-corrected chi connectivity index (χ4v) is 1.61. The zero-order valence-corrected chi connectivity index (χ0v) is 11.1. The van der Waals surface area contributed by atoms with Gasteiger partial charge in [0.25, 0.3) is 0 Å². The number of alkyl halides is 3. The zero-order valence-electron chi connectivity index (χ0n) is 9.50. The van der Waals surface area contributed by atoms with E-state index in [0.29, 0.717) is 16.6 Å². The van der Waals surface area contributed by atoms with Crippen LogP contribution in [0.1, 0.15) is 13.3 Å². The molecule has 0 spiro atoms. The Kier molecular flexibility index (Phi) is 5.28. The monoisotopic (exact) mass is 328 g/mol. The molecule has 0 unspecified atom stereocenters. The Balaban J connectivity index is 2.62. The molecule has 0 aliphatic rings. The fourth-order valence-electron chi connectivity index (χ4n) is 1.14. The van der Waals surface area contributed by atoms with Gasteiger partial charge in [-0.3, -0.25) is 0 Å². The first-order chi connectivity index (χ1) is 8.28. The molecule has 0 aliphatic heterocycles. The van der Waals surface area contributed by atoms with Crippen molar-refractivity contribution in [2.75, 3.05) is 6.61 Å². The number of hydrogen-bond donors (Lipinski definition) is 1. The Morgan fingerprint density at radius 1 is 1.39 bits per heavy atom. The normalized spacial score (nSPS) is 13.2. The second-order valence-corrected chi connectivity index (χ2v) is 4.48. The molecule has 0 radical (unpaired) electrons. The van der Waals surface area contributed by atoms with E-state index in [2.05, 4.69) is 20.7 Å². The summed E-state index contributed by atoms with van der Waals surface area (Å²) in [6.07, 6.45) is -4.77. The molecule has 1 aromatic rings. The van der Waals surface area contributed by atoms with Crippen molar-refractivity contribution in [3.05, 3.63) is 22.7 Å². The number of aliphatic hydroxyl groups is 1. The second kappa shape index (κ2) is 6.29. The highest BCUT2D eigenvalue weighted by molar-refractivity contribution is 9.10. The summed E-state index contributed by atoms with van der Waals surface area (Å²) in [7, 11) is 0. The van der Waals surface area contributed by atoms with Crippen LogP contribution in [0.25, 0.3) is 0 Å². The lowest BCUT2D eigenvalue weighted by Gasteiger charge is -2.12. The molecular formula is C11H12BrF3O3. The van der Waals surface area contributed by atoms with Crippen LogP contribution < -0.4 is 9.47 Å². The quantitative estimate of drug-likeness (QED) is 0.899. The summed E-state index contributed by atoms with van der Waals surface area (Å²) in [5, 5.41) is 9.03. The van der Waals surface area contributed by atoms with E-state index < -0.39 is 12.5 Å². The summed E-state index contributed by atoms with van der Waals surface area (Å²) < 4.78 is 45.3. The van der Waals surface area contributed by atoms with Gasteiger partial charge in [-0.05, 0) is 41.1 Å². The maximum Gasteiger partial charge on any atom is 0.573 e. The Morgan fingerprint density at radius 3 is 2.56 bits per heavy atom. The van der Waals surface area contributed by atoms with Crippen molar-refractivity contribution in [1.29, 1.82) is 0 Å². The molecule has 1 atom stereocenters. The minimum Gasteiger partial charge on any atom is -0.492 e. The lowest BCUT2D eigenvalue weighted by Crippen LogP contribution is -2.17. The van der Waals surface area contributed by atoms with Gasteiger partial charge in [-0.2, -0.15) is 0 Å². The average Bonchev–Trinajstić information content (AvgIpc) is 2.18. The topological polar surface area (TPSA) is 38.7 Å². The molecule has 18 heavy (non-hydrogen) atoms. The summed E-state index contributed by atoms with van der Waals surface area (Å²) in [6, 6.07) is 3.70. The van der Waals surface area contributed by atoms with Crippen molar-refractivity contribution < 1.29 is 27.8 Å². The number of rotatable bonds is 5. The van der Waals surface area contributed by atoms with Gasteiger partial charge in [0.2, 0.25) is 0 Å². The van der Waals surface area contributed by atoms with Crippen LogP contribution in [0.4, 0.5) is 13.2 Å². The van der Waals surface area contributed by atoms with Gasteiger partial charge in [-0.1, -0.05) is 0 Å². The van der Waals surface area contributed by atoms with Crippen LogP contribution in [0.5, 0.6) is 11.5 Å². The molecule has 0 amide bonds. The molecule has 3 nitrogen and oxygen atoms in total. The van der Waals surface area contributed by atoms with Crippen molar-refractivity contribution in [3.63, 3.8) is 0 Å². The molecule has 7 heteroatoms. The van der Waals surface area contributed by atoms with Gasteiger partial charge in [0.15, 0.2) is 0 Å². The molecule has 0 aromatic heterocycles. The second-order valence-electron chi connectivity index (χ2n) is 3.63. The van der Waals surface area contributed by atoms with E-state index in [1.165, 1.54) is 12.1 Å². The third-order valence-electron chi connectivity index (χ3n) is 1.93. The molecule has 0 heterocycles. The highest BCUT2D eigenvalue weighted by Gasteiger charge is 2.31. The van der Waals surface area contributed by atoms with Gasteiger partial charge in [0, 0.05) is 6.42 Å². The number of aliphatic hydroxyl groups excluding tert-OH is 1. The first-order valence-corrected chi connectivity index (χ1v) is 5.93. The Bertz CT molecular complexity index is 394. The molecule has 0 saturated heterocycles. The maximum atomic E-state index is 12.0. The van der Waals surface area contributed by atoms with E-state index in [1.54, 1.807) is 6.92 Å². The van der Waals surface area contributed by atoms with Gasteiger partial charge in [-0.25, -0.2) is 0 Å². The SMILES string of the molecule is C[C@@H](O)CCOc1ccc(OC(F)(F)F)cc1Br. The number of ether oxygens (including phenoxy) is 2. The Labute approximate surface area is 111 Å². The third-order valence-corrected chi connectivity index (χ3v) is 2.55. The molecule has 1 N–H and O–H groups in total. The lowest BCUT2D eigenvalue weighted by atomic mass is 10.3. The predicted molar refractivity (Wildman–Crippen MR) is 62.6 cm³/mol. The summed E-state index contributed by atoms with van der Waals surface area (Å²) in [6.45, 7) is 1.90. The van der Waals surface area contributed by atoms with Crippen LogP contribution in [0.2, 0.25) is 0 Å². The Morgan fingerprint density at radius 2 is 2.06 bits per heavy atom.